The lowest BCUT2D eigenvalue weighted by Crippen LogP contribution is -2.45. The zero-order valence-electron chi connectivity index (χ0n) is 19.8. The number of guanidine groups is 1. The van der Waals surface area contributed by atoms with Gasteiger partial charge >= 0.3 is 0 Å². The lowest BCUT2D eigenvalue weighted by Gasteiger charge is -2.24. The summed E-state index contributed by atoms with van der Waals surface area (Å²) in [5.74, 6) is 2.61. The number of fused-ring (bicyclic) bond motifs is 1. The minimum atomic E-state index is 0.501. The van der Waals surface area contributed by atoms with Gasteiger partial charge in [-0.1, -0.05) is 25.1 Å². The van der Waals surface area contributed by atoms with Crippen LogP contribution in [0, 0.1) is 13.8 Å². The molecule has 1 aromatic carbocycles. The Kier molecular flexibility index (Phi) is 7.09. The van der Waals surface area contributed by atoms with Crippen molar-refractivity contribution in [3.8, 4) is 0 Å². The molecular weight excluding hydrogens is 400 g/mol. The van der Waals surface area contributed by atoms with E-state index in [2.05, 4.69) is 68.8 Å². The van der Waals surface area contributed by atoms with Crippen LogP contribution in [0.4, 0.5) is 0 Å². The number of hydrogen-bond donors (Lipinski definition) is 3. The molecule has 4 rings (SSSR count). The van der Waals surface area contributed by atoms with Crippen molar-refractivity contribution in [1.29, 1.82) is 0 Å². The quantitative estimate of drug-likeness (QED) is 0.373. The third kappa shape index (κ3) is 4.96. The number of aromatic amines is 1. The van der Waals surface area contributed by atoms with Crippen molar-refractivity contribution in [2.24, 2.45) is 12.0 Å². The fraction of sp³-hybridized carbons (Fsp3) is 0.542. The second-order valence-corrected chi connectivity index (χ2v) is 8.64. The molecule has 0 amide bonds. The minimum absolute atomic E-state index is 0.501. The third-order valence-electron chi connectivity index (χ3n) is 6.67. The Bertz CT molecular complexity index is 1060. The Morgan fingerprint density at radius 3 is 2.84 bits per heavy atom. The number of nitrogens with one attached hydrogen (secondary N) is 3. The van der Waals surface area contributed by atoms with Crippen molar-refractivity contribution in [2.45, 2.75) is 52.6 Å². The molecule has 3 heterocycles. The molecular formula is C24H36N8. The topological polar surface area (TPSA) is 86.2 Å². The molecule has 0 spiro atoms. The second kappa shape index (κ2) is 10.2. The molecule has 32 heavy (non-hydrogen) atoms. The third-order valence-corrected chi connectivity index (χ3v) is 6.67. The molecule has 1 atom stereocenters. The van der Waals surface area contributed by atoms with Crippen LogP contribution in [0.15, 0.2) is 29.3 Å². The van der Waals surface area contributed by atoms with Crippen LogP contribution in [0.1, 0.15) is 42.7 Å². The van der Waals surface area contributed by atoms with Gasteiger partial charge in [-0.15, -0.1) is 10.2 Å². The van der Waals surface area contributed by atoms with Crippen molar-refractivity contribution in [3.63, 3.8) is 0 Å². The molecule has 1 unspecified atom stereocenters. The van der Waals surface area contributed by atoms with E-state index in [-0.39, 0.29) is 0 Å². The number of nitrogens with zero attached hydrogens (tertiary/aromatic N) is 5. The first kappa shape index (κ1) is 22.3. The molecule has 0 bridgehead atoms. The number of aryl methyl sites for hydroxylation is 2. The first-order chi connectivity index (χ1) is 15.6. The van der Waals surface area contributed by atoms with Crippen LogP contribution in [0.2, 0.25) is 0 Å². The van der Waals surface area contributed by atoms with Gasteiger partial charge in [-0.2, -0.15) is 0 Å². The van der Waals surface area contributed by atoms with Crippen molar-refractivity contribution >= 4 is 16.9 Å². The van der Waals surface area contributed by atoms with Gasteiger partial charge < -0.3 is 20.2 Å². The molecule has 0 radical (unpaired) electrons. The number of aromatic nitrogens is 4. The first-order valence-corrected chi connectivity index (χ1v) is 11.7. The summed E-state index contributed by atoms with van der Waals surface area (Å²) < 4.78 is 1.99. The minimum Gasteiger partial charge on any atom is -0.358 e. The summed E-state index contributed by atoms with van der Waals surface area (Å²) in [6, 6.07) is 9.08. The number of para-hydroxylation sites is 1. The molecule has 1 aliphatic heterocycles. The van der Waals surface area contributed by atoms with Crippen molar-refractivity contribution in [3.05, 3.63) is 47.2 Å². The van der Waals surface area contributed by atoms with Crippen molar-refractivity contribution in [2.75, 3.05) is 26.2 Å². The van der Waals surface area contributed by atoms with E-state index in [1.807, 2.05) is 18.5 Å². The second-order valence-electron chi connectivity index (χ2n) is 8.64. The molecule has 0 aliphatic carbocycles. The maximum atomic E-state index is 4.83. The number of hydrogen-bond acceptors (Lipinski definition) is 4. The fourth-order valence-electron chi connectivity index (χ4n) is 4.63. The number of likely N-dealkylation sites (N-methyl/N-ethyl adjacent to an activating group) is 1. The molecule has 1 saturated heterocycles. The predicted octanol–water partition coefficient (Wildman–Crippen LogP) is 2.68. The zero-order chi connectivity index (χ0) is 22.5. The Hall–Kier alpha value is -2.87. The van der Waals surface area contributed by atoms with E-state index < -0.39 is 0 Å². The van der Waals surface area contributed by atoms with Crippen LogP contribution >= 0.6 is 0 Å². The molecule has 8 heteroatoms. The van der Waals surface area contributed by atoms with Gasteiger partial charge in [0, 0.05) is 42.8 Å². The van der Waals surface area contributed by atoms with E-state index >= 15 is 0 Å². The molecule has 0 saturated carbocycles. The first-order valence-electron chi connectivity index (χ1n) is 11.7. The van der Waals surface area contributed by atoms with Gasteiger partial charge in [-0.3, -0.25) is 4.90 Å². The van der Waals surface area contributed by atoms with Gasteiger partial charge in [-0.25, -0.2) is 4.99 Å². The number of H-pyrrole nitrogens is 1. The van der Waals surface area contributed by atoms with Crippen LogP contribution < -0.4 is 10.6 Å². The Morgan fingerprint density at radius 2 is 2.06 bits per heavy atom. The smallest absolute Gasteiger partial charge is 0.191 e. The number of aliphatic imine (C=N–C) groups is 1. The molecule has 172 valence electrons. The predicted molar refractivity (Wildman–Crippen MR) is 130 cm³/mol. The summed E-state index contributed by atoms with van der Waals surface area (Å²) in [6.07, 6.45) is 3.45. The highest BCUT2D eigenvalue weighted by molar-refractivity contribution is 5.84. The van der Waals surface area contributed by atoms with Crippen LogP contribution in [0.25, 0.3) is 10.9 Å². The lowest BCUT2D eigenvalue weighted by molar-refractivity contribution is 0.267. The van der Waals surface area contributed by atoms with Crippen LogP contribution in [0.3, 0.4) is 0 Å². The molecule has 3 N–H and O–H groups in total. The summed E-state index contributed by atoms with van der Waals surface area (Å²) in [5.41, 5.74) is 3.80. The van der Waals surface area contributed by atoms with Gasteiger partial charge in [0.25, 0.3) is 0 Å². The Morgan fingerprint density at radius 1 is 1.22 bits per heavy atom. The normalized spacial score (nSPS) is 17.4. The largest absolute Gasteiger partial charge is 0.358 e. The van der Waals surface area contributed by atoms with Gasteiger partial charge in [-0.05, 0) is 57.8 Å². The lowest BCUT2D eigenvalue weighted by atomic mass is 10.1. The monoisotopic (exact) mass is 436 g/mol. The van der Waals surface area contributed by atoms with Crippen LogP contribution in [0.5, 0.6) is 0 Å². The van der Waals surface area contributed by atoms with Gasteiger partial charge in [0.1, 0.15) is 12.4 Å². The highest BCUT2D eigenvalue weighted by Crippen LogP contribution is 2.22. The van der Waals surface area contributed by atoms with Gasteiger partial charge in [0.05, 0.1) is 0 Å². The summed E-state index contributed by atoms with van der Waals surface area (Å²) in [4.78, 5) is 10.9. The summed E-state index contributed by atoms with van der Waals surface area (Å²) in [6.45, 7) is 10.9. The highest BCUT2D eigenvalue weighted by atomic mass is 15.3. The summed E-state index contributed by atoms with van der Waals surface area (Å²) in [5, 5.41) is 16.8. The average molecular weight is 437 g/mol. The fourth-order valence-corrected chi connectivity index (χ4v) is 4.63. The maximum Gasteiger partial charge on any atom is 0.191 e. The number of benzene rings is 1. The van der Waals surface area contributed by atoms with E-state index in [0.717, 1.165) is 43.7 Å². The number of likely N-dealkylation sites (tertiary alicyclic amines) is 1. The molecule has 2 aromatic heterocycles. The van der Waals surface area contributed by atoms with Gasteiger partial charge in [0.2, 0.25) is 0 Å². The average Bonchev–Trinajstić information content (AvgIpc) is 3.48. The highest BCUT2D eigenvalue weighted by Gasteiger charge is 2.22. The zero-order valence-corrected chi connectivity index (χ0v) is 19.8. The molecule has 3 aromatic rings. The summed E-state index contributed by atoms with van der Waals surface area (Å²) >= 11 is 0. The SMILES string of the molecule is CCN1CCCC1CNC(=NCc1nnc(C)n1C)NCCc1c(C)[nH]c2ccccc12. The maximum absolute atomic E-state index is 4.83. The van der Waals surface area contributed by atoms with E-state index in [1.54, 1.807) is 0 Å². The number of rotatable bonds is 8. The Balaban J connectivity index is 1.42. The van der Waals surface area contributed by atoms with Crippen LogP contribution in [-0.2, 0) is 20.0 Å². The van der Waals surface area contributed by atoms with Crippen molar-refractivity contribution < 1.29 is 0 Å². The molecule has 1 fully saturated rings. The van der Waals surface area contributed by atoms with E-state index in [0.29, 0.717) is 12.6 Å². The molecule has 1 aliphatic rings. The Labute approximate surface area is 190 Å². The van der Waals surface area contributed by atoms with Gasteiger partial charge in [0.15, 0.2) is 11.8 Å². The van der Waals surface area contributed by atoms with Crippen LogP contribution in [-0.4, -0.2) is 62.8 Å². The van der Waals surface area contributed by atoms with E-state index in [1.165, 1.54) is 41.5 Å². The van der Waals surface area contributed by atoms with E-state index in [9.17, 15) is 0 Å². The van der Waals surface area contributed by atoms with Crippen molar-refractivity contribution in [1.82, 2.24) is 35.3 Å². The molecule has 8 nitrogen and oxygen atoms in total. The standard InChI is InChI=1S/C24H36N8/c1-5-32-14-8-9-19(32)15-26-24(27-16-23-30-29-18(3)31(23)4)25-13-12-20-17(2)28-22-11-7-6-10-21(20)22/h6-7,10-11,19,28H,5,8-9,12-16H2,1-4H3,(H2,25,26,27). The van der Waals surface area contributed by atoms with E-state index in [4.69, 9.17) is 4.99 Å². The summed E-state index contributed by atoms with van der Waals surface area (Å²) in [7, 11) is 1.98.